The van der Waals surface area contributed by atoms with Crippen LogP contribution in [0.15, 0.2) is 55.4 Å². The normalized spacial score (nSPS) is 24.4. The van der Waals surface area contributed by atoms with Crippen molar-refractivity contribution in [1.29, 1.82) is 0 Å². The highest BCUT2D eigenvalue weighted by Gasteiger charge is 2.61. The number of carbonyl (C=O) groups excluding carboxylic acids is 4. The molecule has 322 valence electrons. The maximum atomic E-state index is 14.9. The molecule has 4 aliphatic rings. The molecule has 2 aliphatic carbocycles. The van der Waals surface area contributed by atoms with Gasteiger partial charge in [0.15, 0.2) is 5.78 Å². The minimum absolute atomic E-state index is 0.0196. The number of aromatic nitrogens is 2. The zero-order valence-corrected chi connectivity index (χ0v) is 35.5. The molecule has 4 fully saturated rings. The molecule has 2 saturated carbocycles. The summed E-state index contributed by atoms with van der Waals surface area (Å²) < 4.78 is 69.1. The fourth-order valence-corrected chi connectivity index (χ4v) is 10.1. The summed E-state index contributed by atoms with van der Waals surface area (Å²) in [6.45, 7) is 10.4. The predicted molar refractivity (Wildman–Crippen MR) is 220 cm³/mol. The fourth-order valence-electron chi connectivity index (χ4n) is 8.73. The first-order valence-electron chi connectivity index (χ1n) is 20.5. The smallest absolute Gasteiger partial charge is 0.265 e. The van der Waals surface area contributed by atoms with E-state index in [1.165, 1.54) is 11.0 Å². The second-order valence-electron chi connectivity index (χ2n) is 17.9. The summed E-state index contributed by atoms with van der Waals surface area (Å²) in [6, 6.07) is 7.93. The van der Waals surface area contributed by atoms with Gasteiger partial charge in [-0.1, -0.05) is 26.8 Å². The van der Waals surface area contributed by atoms with Gasteiger partial charge in [0.2, 0.25) is 27.7 Å². The number of halogens is 2. The second-order valence-corrected chi connectivity index (χ2v) is 19.9. The molecule has 1 aromatic carbocycles. The zero-order chi connectivity index (χ0) is 43.4. The van der Waals surface area contributed by atoms with E-state index in [9.17, 15) is 36.4 Å². The molecular formula is C44H53F2N5O8S. The summed E-state index contributed by atoms with van der Waals surface area (Å²) in [7, 11) is -2.35. The number of likely N-dealkylation sites (tertiary alicyclic amines) is 2. The third kappa shape index (κ3) is 8.75. The number of fused-ring (bicyclic) bond motifs is 1. The average molecular weight is 850 g/mol. The third-order valence-corrected chi connectivity index (χ3v) is 14.4. The molecule has 5 atom stereocenters. The number of sulfonamides is 1. The van der Waals surface area contributed by atoms with Crippen molar-refractivity contribution in [3.63, 3.8) is 0 Å². The van der Waals surface area contributed by atoms with Gasteiger partial charge in [-0.2, -0.15) is 0 Å². The van der Waals surface area contributed by atoms with Gasteiger partial charge in [-0.25, -0.2) is 22.2 Å². The number of carbonyl (C=O) groups is 4. The minimum Gasteiger partial charge on any atom is -0.496 e. The number of nitrogens with zero attached hydrogens (tertiary/aromatic N) is 4. The van der Waals surface area contributed by atoms with Crippen molar-refractivity contribution in [1.82, 2.24) is 24.5 Å². The van der Waals surface area contributed by atoms with Crippen LogP contribution in [-0.4, -0.2) is 102 Å². The van der Waals surface area contributed by atoms with Crippen molar-refractivity contribution in [2.75, 3.05) is 26.7 Å². The van der Waals surface area contributed by atoms with E-state index in [-0.39, 0.29) is 51.6 Å². The molecule has 13 nitrogen and oxygen atoms in total. The van der Waals surface area contributed by atoms with Crippen LogP contribution in [0.5, 0.6) is 11.5 Å². The van der Waals surface area contributed by atoms with E-state index >= 15 is 0 Å². The summed E-state index contributed by atoms with van der Waals surface area (Å²) >= 11 is 0. The Morgan fingerprint density at radius 1 is 1.13 bits per heavy atom. The van der Waals surface area contributed by atoms with E-state index in [1.807, 2.05) is 19.1 Å². The van der Waals surface area contributed by atoms with Crippen LogP contribution in [-0.2, 0) is 29.2 Å². The van der Waals surface area contributed by atoms with Crippen molar-refractivity contribution < 1.29 is 45.9 Å². The molecule has 3 aromatic rings. The van der Waals surface area contributed by atoms with E-state index in [0.717, 1.165) is 16.0 Å². The van der Waals surface area contributed by atoms with Crippen LogP contribution in [0, 0.1) is 29.6 Å². The van der Waals surface area contributed by atoms with Crippen molar-refractivity contribution in [3.8, 4) is 22.8 Å². The van der Waals surface area contributed by atoms with Gasteiger partial charge in [0.25, 0.3) is 5.92 Å². The van der Waals surface area contributed by atoms with E-state index in [4.69, 9.17) is 14.5 Å². The number of rotatable bonds is 14. The first-order valence-corrected chi connectivity index (χ1v) is 22.0. The molecule has 1 N–H and O–H groups in total. The Morgan fingerprint density at radius 3 is 2.50 bits per heavy atom. The van der Waals surface area contributed by atoms with Crippen molar-refractivity contribution >= 4 is 44.4 Å². The van der Waals surface area contributed by atoms with Gasteiger partial charge in [0.1, 0.15) is 17.6 Å². The number of piperidine rings is 1. The number of methoxy groups -OCH3 is 1. The van der Waals surface area contributed by atoms with Gasteiger partial charge in [-0.05, 0) is 68.2 Å². The number of ketones is 1. The predicted octanol–water partition coefficient (Wildman–Crippen LogP) is 6.03. The Kier molecular flexibility index (Phi) is 11.6. The van der Waals surface area contributed by atoms with Gasteiger partial charge in [0.05, 0.1) is 54.0 Å². The maximum Gasteiger partial charge on any atom is 0.265 e. The Labute approximate surface area is 349 Å². The molecule has 0 unspecified atom stereocenters. The molecule has 16 heteroatoms. The minimum atomic E-state index is -3.92. The standard InChI is InChI=1S/C44H53F2N5O8S/c1-7-28-21-43(28,41(55)49-60(56,57)30-11-12-30)22-35(52)34-18-29(24-51(34)40(54)32(42(3,4)5)19-38(53)50-17-9-15-44(45,46)25-50)59-37-20-33(27-10-8-16-47-23-27)48-39-26(2)36(58-6)14-13-31(37)39/h7-8,10,13-14,16,20,23,28-30,32,34H,1,9,11-12,15,17-19,21-22,24-25H2,2-6H3,(H,49,55)/t28-,29-,32-,34+,43-/m1/s1. The van der Waals surface area contributed by atoms with Gasteiger partial charge in [0, 0.05) is 67.2 Å². The lowest BCUT2D eigenvalue weighted by molar-refractivity contribution is -0.151. The SMILES string of the molecule is C=C[C@@H]1C[C@]1(CC(=O)[C@@H]1C[C@@H](Oc2cc(-c3cccnc3)nc3c(C)c(OC)ccc23)CN1C(=O)[C@@H](CC(=O)N1CCCC(F)(F)C1)C(C)(C)C)C(=O)NS(=O)(=O)C1CC1. The Bertz CT molecular complexity index is 2320. The molecule has 2 aliphatic heterocycles. The third-order valence-electron chi connectivity index (χ3n) is 12.6. The highest BCUT2D eigenvalue weighted by Crippen LogP contribution is 2.57. The number of aryl methyl sites for hydroxylation is 1. The second kappa shape index (κ2) is 16.1. The Morgan fingerprint density at radius 2 is 1.88 bits per heavy atom. The highest BCUT2D eigenvalue weighted by atomic mass is 32.2. The molecule has 2 saturated heterocycles. The van der Waals surface area contributed by atoms with Gasteiger partial charge >= 0.3 is 0 Å². The van der Waals surface area contributed by atoms with Crippen LogP contribution in [0.3, 0.4) is 0 Å². The van der Waals surface area contributed by atoms with Crippen LogP contribution in [0.25, 0.3) is 22.2 Å². The van der Waals surface area contributed by atoms with Crippen LogP contribution in [0.1, 0.15) is 77.7 Å². The number of alkyl halides is 2. The Balaban J connectivity index is 1.23. The molecule has 0 bridgehead atoms. The molecule has 7 rings (SSSR count). The average Bonchev–Trinajstić information content (AvgIpc) is 4.13. The number of hydrogen-bond acceptors (Lipinski definition) is 10. The molecule has 4 heterocycles. The van der Waals surface area contributed by atoms with Crippen LogP contribution in [0.4, 0.5) is 8.78 Å². The van der Waals surface area contributed by atoms with Crippen molar-refractivity contribution in [3.05, 3.63) is 60.9 Å². The summed E-state index contributed by atoms with van der Waals surface area (Å²) in [5, 5.41) is 0.00129. The summed E-state index contributed by atoms with van der Waals surface area (Å²) in [6.07, 6.45) is 4.32. The zero-order valence-electron chi connectivity index (χ0n) is 34.7. The number of allylic oxidation sites excluding steroid dienone is 1. The first kappa shape index (κ1) is 43.1. The van der Waals surface area contributed by atoms with E-state index in [0.29, 0.717) is 40.9 Å². The number of amides is 3. The molecule has 0 spiro atoms. The summed E-state index contributed by atoms with van der Waals surface area (Å²) in [4.78, 5) is 68.6. The Hall–Kier alpha value is -4.99. The van der Waals surface area contributed by atoms with Gasteiger partial charge < -0.3 is 19.3 Å². The quantitative estimate of drug-likeness (QED) is 0.189. The number of ether oxygens (including phenoxy) is 2. The number of pyridine rings is 2. The largest absolute Gasteiger partial charge is 0.496 e. The van der Waals surface area contributed by atoms with Gasteiger partial charge in [-0.3, -0.25) is 28.9 Å². The topological polar surface area (TPSA) is 165 Å². The number of Topliss-reactive ketones (excluding diaryl/α,β-unsaturated/α-hetero) is 1. The molecular weight excluding hydrogens is 797 g/mol. The van der Waals surface area contributed by atoms with Crippen molar-refractivity contribution in [2.45, 2.75) is 102 Å². The maximum absolute atomic E-state index is 14.9. The lowest BCUT2D eigenvalue weighted by atomic mass is 9.77. The molecule has 60 heavy (non-hydrogen) atoms. The monoisotopic (exact) mass is 849 g/mol. The van der Waals surface area contributed by atoms with Crippen LogP contribution in [0.2, 0.25) is 0 Å². The van der Waals surface area contributed by atoms with Crippen LogP contribution >= 0.6 is 0 Å². The lowest BCUT2D eigenvalue weighted by Gasteiger charge is -2.37. The number of nitrogens with one attached hydrogen (secondary N) is 1. The highest BCUT2D eigenvalue weighted by molar-refractivity contribution is 7.90. The first-order chi connectivity index (χ1) is 28.3. The number of hydrogen-bond donors (Lipinski definition) is 1. The van der Waals surface area contributed by atoms with Crippen LogP contribution < -0.4 is 14.2 Å². The molecule has 2 aromatic heterocycles. The molecule has 3 amide bonds. The summed E-state index contributed by atoms with van der Waals surface area (Å²) in [5.74, 6) is -5.80. The van der Waals surface area contributed by atoms with E-state index in [1.54, 1.807) is 58.5 Å². The van der Waals surface area contributed by atoms with E-state index in [2.05, 4.69) is 16.3 Å². The summed E-state index contributed by atoms with van der Waals surface area (Å²) in [5.41, 5.74) is 0.450. The van der Waals surface area contributed by atoms with Gasteiger partial charge in [-0.15, -0.1) is 6.58 Å². The lowest BCUT2D eigenvalue weighted by Crippen LogP contribution is -2.51. The number of benzene rings is 1. The van der Waals surface area contributed by atoms with E-state index < -0.39 is 86.1 Å². The fraction of sp³-hybridized carbons (Fsp3) is 0.545. The van der Waals surface area contributed by atoms with Crippen molar-refractivity contribution in [2.24, 2.45) is 22.7 Å². The molecule has 0 radical (unpaired) electrons.